The topological polar surface area (TPSA) is 73.3 Å². The predicted octanol–water partition coefficient (Wildman–Crippen LogP) is 4.07. The van der Waals surface area contributed by atoms with E-state index in [0.717, 1.165) is 28.1 Å². The van der Waals surface area contributed by atoms with Crippen molar-refractivity contribution in [2.45, 2.75) is 36.5 Å². The summed E-state index contributed by atoms with van der Waals surface area (Å²) >= 11 is 3.25. The van der Waals surface area contributed by atoms with E-state index in [1.54, 1.807) is 23.7 Å². The van der Waals surface area contributed by atoms with Gasteiger partial charge in [-0.15, -0.1) is 11.3 Å². The first kappa shape index (κ1) is 17.8. The number of nitrogens with one attached hydrogen (secondary N) is 1. The number of fused-ring (bicyclic) bond motifs is 4. The van der Waals surface area contributed by atoms with Crippen LogP contribution in [0.1, 0.15) is 23.8 Å². The molecule has 144 valence electrons. The van der Waals surface area contributed by atoms with Crippen molar-refractivity contribution >= 4 is 44.9 Å². The number of carbonyl (C=O) groups excluding carboxylic acids is 1. The largest absolute Gasteiger partial charge is 0.486 e. The van der Waals surface area contributed by atoms with Crippen LogP contribution in [0.3, 0.4) is 0 Å². The van der Waals surface area contributed by atoms with Crippen LogP contribution < -0.4 is 14.8 Å². The minimum atomic E-state index is -0.289. The number of hydrogen-bond donors (Lipinski definition) is 1. The van der Waals surface area contributed by atoms with Crippen molar-refractivity contribution in [3.63, 3.8) is 0 Å². The maximum absolute atomic E-state index is 12.7. The first-order valence-corrected chi connectivity index (χ1v) is 11.0. The third kappa shape index (κ3) is 3.20. The highest BCUT2D eigenvalue weighted by Crippen LogP contribution is 2.41. The number of rotatable bonds is 4. The molecule has 1 N–H and O–H groups in total. The molecule has 5 rings (SSSR count). The summed E-state index contributed by atoms with van der Waals surface area (Å²) in [7, 11) is 0. The molecule has 0 fully saturated rings. The molecule has 2 aromatic heterocycles. The molecule has 0 spiro atoms. The van der Waals surface area contributed by atoms with Crippen LogP contribution >= 0.6 is 23.1 Å². The number of amides is 1. The number of aryl methyl sites for hydroxylation is 2. The van der Waals surface area contributed by atoms with Gasteiger partial charge in [0, 0.05) is 22.0 Å². The van der Waals surface area contributed by atoms with Crippen molar-refractivity contribution in [2.75, 3.05) is 18.5 Å². The van der Waals surface area contributed by atoms with E-state index < -0.39 is 0 Å². The van der Waals surface area contributed by atoms with Gasteiger partial charge in [0.2, 0.25) is 5.91 Å². The van der Waals surface area contributed by atoms with Crippen molar-refractivity contribution in [3.8, 4) is 11.5 Å². The van der Waals surface area contributed by atoms with Crippen molar-refractivity contribution in [2.24, 2.45) is 0 Å². The Morgan fingerprint density at radius 1 is 1.21 bits per heavy atom. The summed E-state index contributed by atoms with van der Waals surface area (Å²) in [4.78, 5) is 24.1. The maximum atomic E-state index is 12.7. The Morgan fingerprint density at radius 2 is 2.07 bits per heavy atom. The van der Waals surface area contributed by atoms with E-state index in [4.69, 9.17) is 9.47 Å². The lowest BCUT2D eigenvalue weighted by atomic mass is 10.2. The standard InChI is InChI=1S/C20H19N3O3S2/c1-11(18(24)23-12-5-6-14-15(9-12)26-8-7-25-14)27-19-17-13-3-2-4-16(13)28-20(17)22-10-21-19/h5-6,9-11H,2-4,7-8H2,1H3,(H,23,24)/t11-/m1/s1. The average molecular weight is 414 g/mol. The molecular formula is C20H19N3O3S2. The SMILES string of the molecule is C[C@@H](Sc1ncnc2sc3c(c12)CCC3)C(=O)Nc1ccc2c(c1)OCCO2. The molecule has 0 saturated heterocycles. The number of hydrogen-bond acceptors (Lipinski definition) is 7. The lowest BCUT2D eigenvalue weighted by molar-refractivity contribution is -0.115. The van der Waals surface area contributed by atoms with Crippen LogP contribution in [0.4, 0.5) is 5.69 Å². The summed E-state index contributed by atoms with van der Waals surface area (Å²) in [6.07, 6.45) is 4.99. The molecule has 8 heteroatoms. The van der Waals surface area contributed by atoms with Crippen LogP contribution in [0.5, 0.6) is 11.5 Å². The summed E-state index contributed by atoms with van der Waals surface area (Å²) in [5.41, 5.74) is 2.08. The summed E-state index contributed by atoms with van der Waals surface area (Å²) in [5.74, 6) is 1.30. The second-order valence-corrected chi connectivity index (χ2v) is 9.24. The fraction of sp³-hybridized carbons (Fsp3) is 0.350. The zero-order valence-electron chi connectivity index (χ0n) is 15.4. The summed E-state index contributed by atoms with van der Waals surface area (Å²) < 4.78 is 11.1. The average Bonchev–Trinajstić information content (AvgIpc) is 3.29. The molecule has 1 aromatic carbocycles. The molecular weight excluding hydrogens is 394 g/mol. The minimum Gasteiger partial charge on any atom is -0.486 e. The van der Waals surface area contributed by atoms with Gasteiger partial charge in [-0.05, 0) is 43.9 Å². The number of benzene rings is 1. The fourth-order valence-electron chi connectivity index (χ4n) is 3.57. The van der Waals surface area contributed by atoms with Gasteiger partial charge in [0.05, 0.1) is 5.25 Å². The van der Waals surface area contributed by atoms with E-state index in [0.29, 0.717) is 30.4 Å². The van der Waals surface area contributed by atoms with Crippen molar-refractivity contribution < 1.29 is 14.3 Å². The third-order valence-electron chi connectivity index (χ3n) is 4.93. The number of thioether (sulfide) groups is 1. The molecule has 1 aliphatic carbocycles. The first-order valence-electron chi connectivity index (χ1n) is 9.31. The number of ether oxygens (including phenoxy) is 2. The minimum absolute atomic E-state index is 0.0692. The second-order valence-electron chi connectivity index (χ2n) is 6.82. The molecule has 0 unspecified atom stereocenters. The number of thiophene rings is 1. The molecule has 3 heterocycles. The molecule has 0 bridgehead atoms. The molecule has 1 atom stereocenters. The Bertz CT molecular complexity index is 1070. The van der Waals surface area contributed by atoms with Crippen LogP contribution in [0.15, 0.2) is 29.6 Å². The van der Waals surface area contributed by atoms with Gasteiger partial charge in [0.15, 0.2) is 11.5 Å². The van der Waals surface area contributed by atoms with E-state index in [9.17, 15) is 4.79 Å². The Morgan fingerprint density at radius 3 is 2.96 bits per heavy atom. The fourth-order valence-corrected chi connectivity index (χ4v) is 5.82. The highest BCUT2D eigenvalue weighted by molar-refractivity contribution is 8.00. The molecule has 1 aliphatic heterocycles. The second kappa shape index (κ2) is 7.25. The van der Waals surface area contributed by atoms with E-state index in [1.165, 1.54) is 28.6 Å². The lowest BCUT2D eigenvalue weighted by Crippen LogP contribution is -2.23. The highest BCUT2D eigenvalue weighted by atomic mass is 32.2. The summed E-state index contributed by atoms with van der Waals surface area (Å²) in [6.45, 7) is 2.97. The molecule has 0 radical (unpaired) electrons. The van der Waals surface area contributed by atoms with Gasteiger partial charge in [-0.2, -0.15) is 0 Å². The normalized spacial score (nSPS) is 16.0. The van der Waals surface area contributed by atoms with Gasteiger partial charge in [0.1, 0.15) is 29.4 Å². The number of nitrogens with zero attached hydrogens (tertiary/aromatic N) is 2. The molecule has 1 amide bonds. The Labute approximate surface area is 170 Å². The lowest BCUT2D eigenvalue weighted by Gasteiger charge is -2.19. The van der Waals surface area contributed by atoms with E-state index >= 15 is 0 Å². The van der Waals surface area contributed by atoms with Gasteiger partial charge < -0.3 is 14.8 Å². The zero-order valence-corrected chi connectivity index (χ0v) is 17.0. The molecule has 0 saturated carbocycles. The van der Waals surface area contributed by atoms with Crippen LogP contribution in [-0.2, 0) is 17.6 Å². The van der Waals surface area contributed by atoms with Crippen molar-refractivity contribution in [3.05, 3.63) is 35.0 Å². The Kier molecular flexibility index (Phi) is 4.60. The molecule has 3 aromatic rings. The van der Waals surface area contributed by atoms with Crippen LogP contribution in [0, 0.1) is 0 Å². The Hall–Kier alpha value is -2.32. The monoisotopic (exact) mass is 413 g/mol. The number of anilines is 1. The molecule has 28 heavy (non-hydrogen) atoms. The van der Waals surface area contributed by atoms with E-state index in [1.807, 2.05) is 19.1 Å². The first-order chi connectivity index (χ1) is 13.7. The summed E-state index contributed by atoms with van der Waals surface area (Å²) in [6, 6.07) is 5.46. The predicted molar refractivity (Wildman–Crippen MR) is 111 cm³/mol. The number of carbonyl (C=O) groups is 1. The zero-order chi connectivity index (χ0) is 19.1. The van der Waals surface area contributed by atoms with Gasteiger partial charge in [-0.25, -0.2) is 9.97 Å². The van der Waals surface area contributed by atoms with Crippen LogP contribution in [0.2, 0.25) is 0 Å². The van der Waals surface area contributed by atoms with Gasteiger partial charge in [-0.1, -0.05) is 11.8 Å². The van der Waals surface area contributed by atoms with Crippen molar-refractivity contribution in [1.82, 2.24) is 9.97 Å². The maximum Gasteiger partial charge on any atom is 0.237 e. The quantitative estimate of drug-likeness (QED) is 0.513. The highest BCUT2D eigenvalue weighted by Gasteiger charge is 2.24. The van der Waals surface area contributed by atoms with Gasteiger partial charge >= 0.3 is 0 Å². The van der Waals surface area contributed by atoms with Gasteiger partial charge in [-0.3, -0.25) is 4.79 Å². The number of aromatic nitrogens is 2. The van der Waals surface area contributed by atoms with Crippen LogP contribution in [0.25, 0.3) is 10.2 Å². The van der Waals surface area contributed by atoms with E-state index in [2.05, 4.69) is 15.3 Å². The smallest absolute Gasteiger partial charge is 0.237 e. The van der Waals surface area contributed by atoms with Gasteiger partial charge in [0.25, 0.3) is 0 Å². The van der Waals surface area contributed by atoms with Crippen molar-refractivity contribution in [1.29, 1.82) is 0 Å². The third-order valence-corrected chi connectivity index (χ3v) is 7.23. The van der Waals surface area contributed by atoms with Crippen LogP contribution in [-0.4, -0.2) is 34.3 Å². The Balaban J connectivity index is 1.34. The summed E-state index contributed by atoms with van der Waals surface area (Å²) in [5, 5.41) is 4.72. The van der Waals surface area contributed by atoms with E-state index in [-0.39, 0.29) is 11.2 Å². The molecule has 2 aliphatic rings. The molecule has 6 nitrogen and oxygen atoms in total.